The minimum absolute atomic E-state index is 0.0187. The fourth-order valence-corrected chi connectivity index (χ4v) is 0.835. The molecular weight excluding hydrogens is 138 g/mol. The van der Waals surface area contributed by atoms with E-state index < -0.39 is 0 Å². The zero-order valence-electron chi connectivity index (χ0n) is 6.83. The Balaban J connectivity index is 3.01. The molecule has 0 radical (unpaired) electrons. The second-order valence-electron chi connectivity index (χ2n) is 3.33. The first-order valence-electron chi connectivity index (χ1n) is 3.58. The monoisotopic (exact) mass is 151 g/mol. The first-order chi connectivity index (χ1) is 5.01. The van der Waals surface area contributed by atoms with Crippen LogP contribution in [0.15, 0.2) is 35.8 Å². The van der Waals surface area contributed by atoms with Crippen LogP contribution >= 0.6 is 0 Å². The second kappa shape index (κ2) is 2.46. The van der Waals surface area contributed by atoms with Crippen molar-refractivity contribution in [2.24, 2.45) is 11.1 Å². The Morgan fingerprint density at radius 1 is 1.27 bits per heavy atom. The quantitative estimate of drug-likeness (QED) is 0.555. The van der Waals surface area contributed by atoms with Crippen molar-refractivity contribution in [1.29, 1.82) is 0 Å². The summed E-state index contributed by atoms with van der Waals surface area (Å²) in [5, 5.41) is 9.21. The van der Waals surface area contributed by atoms with Gasteiger partial charge in [0.15, 0.2) is 0 Å². The summed E-state index contributed by atoms with van der Waals surface area (Å²) < 4.78 is 0. The summed E-state index contributed by atoms with van der Waals surface area (Å²) in [7, 11) is 0. The molecule has 2 heteroatoms. The van der Waals surface area contributed by atoms with Crippen molar-refractivity contribution in [3.05, 3.63) is 35.8 Å². The highest BCUT2D eigenvalue weighted by Gasteiger charge is 2.11. The highest BCUT2D eigenvalue weighted by Crippen LogP contribution is 2.22. The first kappa shape index (κ1) is 7.92. The molecule has 60 valence electrons. The van der Waals surface area contributed by atoms with Crippen LogP contribution < -0.4 is 5.73 Å². The lowest BCUT2D eigenvalue weighted by Gasteiger charge is -2.11. The summed E-state index contributed by atoms with van der Waals surface area (Å²) in [6.45, 7) is 4.10. The van der Waals surface area contributed by atoms with E-state index in [2.05, 4.69) is 0 Å². The van der Waals surface area contributed by atoms with E-state index >= 15 is 0 Å². The topological polar surface area (TPSA) is 46.2 Å². The van der Waals surface area contributed by atoms with Gasteiger partial charge in [0.2, 0.25) is 0 Å². The smallest absolute Gasteiger partial charge is 0.138 e. The summed E-state index contributed by atoms with van der Waals surface area (Å²) in [5.74, 6) is 0.145. The van der Waals surface area contributed by atoms with Gasteiger partial charge in [-0.15, -0.1) is 0 Å². The molecule has 0 aromatic heterocycles. The minimum Gasteiger partial charge on any atom is -0.506 e. The largest absolute Gasteiger partial charge is 0.506 e. The van der Waals surface area contributed by atoms with Crippen LogP contribution in [0, 0.1) is 5.41 Å². The Morgan fingerprint density at radius 3 is 2.45 bits per heavy atom. The lowest BCUT2D eigenvalue weighted by atomic mass is 9.93. The van der Waals surface area contributed by atoms with Crippen LogP contribution in [0.4, 0.5) is 0 Å². The average molecular weight is 151 g/mol. The van der Waals surface area contributed by atoms with E-state index in [1.807, 2.05) is 26.0 Å². The van der Waals surface area contributed by atoms with Gasteiger partial charge in [-0.05, 0) is 12.2 Å². The lowest BCUT2D eigenvalue weighted by Crippen LogP contribution is -2.01. The van der Waals surface area contributed by atoms with Crippen molar-refractivity contribution in [1.82, 2.24) is 0 Å². The summed E-state index contributed by atoms with van der Waals surface area (Å²) in [5.41, 5.74) is 5.90. The SMILES string of the molecule is CC1(C)C=CC(N)=C(O)C=C1. The number of hydrogen-bond acceptors (Lipinski definition) is 2. The van der Waals surface area contributed by atoms with Crippen LogP contribution in [0.5, 0.6) is 0 Å². The maximum Gasteiger partial charge on any atom is 0.138 e. The van der Waals surface area contributed by atoms with Crippen molar-refractivity contribution >= 4 is 0 Å². The van der Waals surface area contributed by atoms with E-state index in [1.165, 1.54) is 0 Å². The number of hydrogen-bond donors (Lipinski definition) is 2. The molecule has 2 nitrogen and oxygen atoms in total. The molecule has 0 saturated carbocycles. The molecule has 0 heterocycles. The van der Waals surface area contributed by atoms with Crippen LogP contribution in [0.1, 0.15) is 13.8 Å². The molecule has 0 fully saturated rings. The zero-order chi connectivity index (χ0) is 8.48. The van der Waals surface area contributed by atoms with E-state index in [0.29, 0.717) is 5.70 Å². The highest BCUT2D eigenvalue weighted by atomic mass is 16.3. The van der Waals surface area contributed by atoms with Gasteiger partial charge in [0, 0.05) is 5.41 Å². The fourth-order valence-electron chi connectivity index (χ4n) is 0.835. The lowest BCUT2D eigenvalue weighted by molar-refractivity contribution is 0.426. The van der Waals surface area contributed by atoms with Crippen molar-refractivity contribution < 1.29 is 5.11 Å². The van der Waals surface area contributed by atoms with E-state index in [-0.39, 0.29) is 11.2 Å². The Kier molecular flexibility index (Phi) is 1.77. The van der Waals surface area contributed by atoms with Gasteiger partial charge in [-0.25, -0.2) is 0 Å². The fraction of sp³-hybridized carbons (Fsp3) is 0.333. The summed E-state index contributed by atoms with van der Waals surface area (Å²) in [6, 6.07) is 0. The zero-order valence-corrected chi connectivity index (χ0v) is 6.83. The van der Waals surface area contributed by atoms with E-state index in [1.54, 1.807) is 12.2 Å². The van der Waals surface area contributed by atoms with Crippen LogP contribution in [0.3, 0.4) is 0 Å². The molecule has 1 aliphatic carbocycles. The van der Waals surface area contributed by atoms with Crippen LogP contribution in [0.2, 0.25) is 0 Å². The van der Waals surface area contributed by atoms with Gasteiger partial charge in [0.25, 0.3) is 0 Å². The van der Waals surface area contributed by atoms with Crippen molar-refractivity contribution in [3.8, 4) is 0 Å². The normalized spacial score (nSPS) is 22.0. The van der Waals surface area contributed by atoms with Crippen LogP contribution in [-0.2, 0) is 0 Å². The molecule has 3 N–H and O–H groups in total. The second-order valence-corrected chi connectivity index (χ2v) is 3.33. The molecule has 1 rings (SSSR count). The molecule has 0 bridgehead atoms. The molecule has 11 heavy (non-hydrogen) atoms. The molecule has 1 aliphatic rings. The summed E-state index contributed by atoms with van der Waals surface area (Å²) >= 11 is 0. The highest BCUT2D eigenvalue weighted by molar-refractivity contribution is 5.32. The van der Waals surface area contributed by atoms with Gasteiger partial charge < -0.3 is 10.8 Å². The molecular formula is C9H13NO. The van der Waals surface area contributed by atoms with Crippen molar-refractivity contribution in [3.63, 3.8) is 0 Å². The van der Waals surface area contributed by atoms with Gasteiger partial charge in [0.05, 0.1) is 5.70 Å². The average Bonchev–Trinajstić information content (AvgIpc) is 2.03. The first-order valence-corrected chi connectivity index (χ1v) is 3.58. The van der Waals surface area contributed by atoms with Gasteiger partial charge in [-0.1, -0.05) is 26.0 Å². The minimum atomic E-state index is -0.0187. The molecule has 0 spiro atoms. The number of rotatable bonds is 0. The molecule has 0 aromatic carbocycles. The van der Waals surface area contributed by atoms with E-state index in [4.69, 9.17) is 5.73 Å². The number of allylic oxidation sites excluding steroid dienone is 4. The van der Waals surface area contributed by atoms with Gasteiger partial charge in [-0.3, -0.25) is 0 Å². The molecule has 0 aliphatic heterocycles. The van der Waals surface area contributed by atoms with Crippen LogP contribution in [0.25, 0.3) is 0 Å². The predicted octanol–water partition coefficient (Wildman–Crippen LogP) is 1.87. The number of aliphatic hydroxyl groups is 1. The van der Waals surface area contributed by atoms with Crippen LogP contribution in [-0.4, -0.2) is 5.11 Å². The third-order valence-electron chi connectivity index (χ3n) is 1.66. The molecule has 0 atom stereocenters. The summed E-state index contributed by atoms with van der Waals surface area (Å²) in [4.78, 5) is 0. The maximum atomic E-state index is 9.21. The number of aliphatic hydroxyl groups excluding tert-OH is 1. The summed E-state index contributed by atoms with van der Waals surface area (Å²) in [6.07, 6.45) is 7.24. The van der Waals surface area contributed by atoms with E-state index in [0.717, 1.165) is 0 Å². The maximum absolute atomic E-state index is 9.21. The van der Waals surface area contributed by atoms with Crippen molar-refractivity contribution in [2.45, 2.75) is 13.8 Å². The van der Waals surface area contributed by atoms with E-state index in [9.17, 15) is 5.11 Å². The Hall–Kier alpha value is -1.18. The Bertz CT molecular complexity index is 222. The molecule has 0 amide bonds. The molecule has 0 saturated heterocycles. The standard InChI is InChI=1S/C9H13NO/c1-9(2)5-3-7(10)8(11)4-6-9/h3-6,11H,10H2,1-2H3. The molecule has 0 unspecified atom stereocenters. The molecule has 0 aromatic rings. The van der Waals surface area contributed by atoms with Crippen molar-refractivity contribution in [2.75, 3.05) is 0 Å². The van der Waals surface area contributed by atoms with Gasteiger partial charge in [-0.2, -0.15) is 0 Å². The third kappa shape index (κ3) is 1.87. The Morgan fingerprint density at radius 2 is 1.82 bits per heavy atom. The predicted molar refractivity (Wildman–Crippen MR) is 45.9 cm³/mol. The third-order valence-corrected chi connectivity index (χ3v) is 1.66. The number of nitrogens with two attached hydrogens (primary N) is 1. The van der Waals surface area contributed by atoms with Gasteiger partial charge in [0.1, 0.15) is 5.76 Å². The Labute approximate surface area is 66.7 Å². The van der Waals surface area contributed by atoms with Gasteiger partial charge >= 0.3 is 0 Å².